The Balaban J connectivity index is 1.98. The van der Waals surface area contributed by atoms with Gasteiger partial charge in [-0.1, -0.05) is 6.07 Å². The van der Waals surface area contributed by atoms with Crippen LogP contribution >= 0.6 is 23.4 Å². The lowest BCUT2D eigenvalue weighted by atomic mass is 10.2. The van der Waals surface area contributed by atoms with E-state index in [2.05, 4.69) is 32.9 Å². The van der Waals surface area contributed by atoms with E-state index in [1.54, 1.807) is 6.20 Å². The first kappa shape index (κ1) is 12.4. The molecule has 0 atom stereocenters. The van der Waals surface area contributed by atoms with Crippen molar-refractivity contribution in [3.05, 3.63) is 40.8 Å². The summed E-state index contributed by atoms with van der Waals surface area (Å²) in [4.78, 5) is 16.0. The molecule has 4 nitrogen and oxygen atoms in total. The van der Waals surface area contributed by atoms with Gasteiger partial charge in [0.1, 0.15) is 5.03 Å². The van der Waals surface area contributed by atoms with Crippen molar-refractivity contribution in [2.75, 3.05) is 0 Å². The number of halogens is 1. The number of aromatic nitrogens is 4. The molecule has 2 aromatic heterocycles. The molecule has 0 amide bonds. The summed E-state index contributed by atoms with van der Waals surface area (Å²) in [5, 5.41) is 1.87. The zero-order valence-corrected chi connectivity index (χ0v) is 12.0. The fourth-order valence-corrected chi connectivity index (χ4v) is 2.77. The Morgan fingerprint density at radius 2 is 2.05 bits per heavy atom. The molecule has 0 aliphatic rings. The highest BCUT2D eigenvalue weighted by molar-refractivity contribution is 7.99. The van der Waals surface area contributed by atoms with Crippen LogP contribution in [-0.4, -0.2) is 19.9 Å². The van der Waals surface area contributed by atoms with Gasteiger partial charge < -0.3 is 4.98 Å². The van der Waals surface area contributed by atoms with Crippen LogP contribution in [0.2, 0.25) is 5.28 Å². The predicted octanol–water partition coefficient (Wildman–Crippen LogP) is 3.77. The number of aromatic amines is 1. The molecule has 96 valence electrons. The van der Waals surface area contributed by atoms with Crippen molar-refractivity contribution in [2.24, 2.45) is 0 Å². The van der Waals surface area contributed by atoms with Crippen molar-refractivity contribution in [3.63, 3.8) is 0 Å². The molecule has 3 aromatic rings. The summed E-state index contributed by atoms with van der Waals surface area (Å²) in [7, 11) is 0. The smallest absolute Gasteiger partial charge is 0.223 e. The van der Waals surface area contributed by atoms with E-state index in [0.29, 0.717) is 0 Å². The monoisotopic (exact) mass is 290 g/mol. The van der Waals surface area contributed by atoms with Crippen molar-refractivity contribution in [3.8, 4) is 0 Å². The average molecular weight is 291 g/mol. The number of nitrogens with one attached hydrogen (secondary N) is 1. The van der Waals surface area contributed by atoms with Gasteiger partial charge in [0.2, 0.25) is 5.28 Å². The Bertz CT molecular complexity index is 753. The first-order valence-electron chi connectivity index (χ1n) is 5.75. The molecule has 0 radical (unpaired) electrons. The van der Waals surface area contributed by atoms with E-state index in [-0.39, 0.29) is 5.28 Å². The SMILES string of the molecule is Cc1ccc2nc(Sc3nc(Cl)ncc3C)[nH]c2c1. The summed E-state index contributed by atoms with van der Waals surface area (Å²) < 4.78 is 0. The van der Waals surface area contributed by atoms with Gasteiger partial charge in [0.15, 0.2) is 5.16 Å². The molecule has 0 fully saturated rings. The fourth-order valence-electron chi connectivity index (χ4n) is 1.75. The van der Waals surface area contributed by atoms with Crippen LogP contribution in [0.3, 0.4) is 0 Å². The Kier molecular flexibility index (Phi) is 3.16. The van der Waals surface area contributed by atoms with Gasteiger partial charge in [-0.15, -0.1) is 0 Å². The van der Waals surface area contributed by atoms with E-state index in [9.17, 15) is 0 Å². The lowest BCUT2D eigenvalue weighted by Crippen LogP contribution is -1.89. The van der Waals surface area contributed by atoms with Crippen molar-refractivity contribution < 1.29 is 0 Å². The van der Waals surface area contributed by atoms with Gasteiger partial charge in [-0.05, 0) is 54.9 Å². The Labute approximate surface area is 119 Å². The van der Waals surface area contributed by atoms with E-state index in [0.717, 1.165) is 26.8 Å². The minimum atomic E-state index is 0.250. The molecule has 0 bridgehead atoms. The van der Waals surface area contributed by atoms with Gasteiger partial charge in [-0.3, -0.25) is 0 Å². The molecule has 0 saturated heterocycles. The number of benzene rings is 1. The molecule has 6 heteroatoms. The van der Waals surface area contributed by atoms with Crippen molar-refractivity contribution in [1.29, 1.82) is 0 Å². The third kappa shape index (κ3) is 2.57. The van der Waals surface area contributed by atoms with Gasteiger partial charge in [-0.25, -0.2) is 15.0 Å². The second kappa shape index (κ2) is 4.83. The zero-order chi connectivity index (χ0) is 13.4. The highest BCUT2D eigenvalue weighted by atomic mass is 35.5. The van der Waals surface area contributed by atoms with Gasteiger partial charge in [-0.2, -0.15) is 0 Å². The molecule has 3 rings (SSSR count). The number of nitrogens with zero attached hydrogens (tertiary/aromatic N) is 3. The summed E-state index contributed by atoms with van der Waals surface area (Å²) in [5.41, 5.74) is 4.16. The number of hydrogen-bond acceptors (Lipinski definition) is 4. The third-order valence-electron chi connectivity index (χ3n) is 2.70. The average Bonchev–Trinajstić information content (AvgIpc) is 2.75. The quantitative estimate of drug-likeness (QED) is 0.576. The van der Waals surface area contributed by atoms with Crippen molar-refractivity contribution >= 4 is 34.4 Å². The molecule has 1 N–H and O–H groups in total. The number of fused-ring (bicyclic) bond motifs is 1. The minimum absolute atomic E-state index is 0.250. The Morgan fingerprint density at radius 3 is 2.89 bits per heavy atom. The predicted molar refractivity (Wildman–Crippen MR) is 76.7 cm³/mol. The fraction of sp³-hybridized carbons (Fsp3) is 0.154. The summed E-state index contributed by atoms with van der Waals surface area (Å²) >= 11 is 7.27. The normalized spacial score (nSPS) is 11.1. The number of hydrogen-bond donors (Lipinski definition) is 1. The zero-order valence-electron chi connectivity index (χ0n) is 10.4. The number of imidazole rings is 1. The lowest BCUT2D eigenvalue weighted by Gasteiger charge is -2.01. The summed E-state index contributed by atoms with van der Waals surface area (Å²) in [5.74, 6) is 0. The molecule has 0 saturated carbocycles. The summed E-state index contributed by atoms with van der Waals surface area (Å²) in [6.45, 7) is 4.01. The first-order chi connectivity index (χ1) is 9.11. The summed E-state index contributed by atoms with van der Waals surface area (Å²) in [6.07, 6.45) is 1.71. The lowest BCUT2D eigenvalue weighted by molar-refractivity contribution is 0.989. The third-order valence-corrected chi connectivity index (χ3v) is 3.88. The molecule has 1 aromatic carbocycles. The van der Waals surface area contributed by atoms with Crippen LogP contribution in [0.1, 0.15) is 11.1 Å². The molecule has 0 spiro atoms. The van der Waals surface area contributed by atoms with E-state index < -0.39 is 0 Å². The first-order valence-corrected chi connectivity index (χ1v) is 6.94. The molecule has 0 unspecified atom stereocenters. The maximum atomic E-state index is 5.82. The Morgan fingerprint density at radius 1 is 1.21 bits per heavy atom. The van der Waals surface area contributed by atoms with Gasteiger partial charge in [0.25, 0.3) is 0 Å². The minimum Gasteiger partial charge on any atom is -0.333 e. The van der Waals surface area contributed by atoms with Gasteiger partial charge >= 0.3 is 0 Å². The molecular formula is C13H11ClN4S. The van der Waals surface area contributed by atoms with Crippen LogP contribution in [-0.2, 0) is 0 Å². The highest BCUT2D eigenvalue weighted by Crippen LogP contribution is 2.28. The molecule has 0 aliphatic heterocycles. The van der Waals surface area contributed by atoms with Crippen LogP contribution in [0.15, 0.2) is 34.6 Å². The van der Waals surface area contributed by atoms with E-state index >= 15 is 0 Å². The number of H-pyrrole nitrogens is 1. The van der Waals surface area contributed by atoms with Gasteiger partial charge in [0, 0.05) is 11.8 Å². The van der Waals surface area contributed by atoms with Crippen LogP contribution in [0, 0.1) is 13.8 Å². The molecule has 0 aliphatic carbocycles. The second-order valence-corrected chi connectivity index (χ2v) is 5.61. The van der Waals surface area contributed by atoms with E-state index in [1.165, 1.54) is 17.3 Å². The number of rotatable bonds is 2. The standard InChI is InChI=1S/C13H11ClN4S/c1-7-3-4-9-10(5-7)17-13(16-9)19-11-8(2)6-15-12(14)18-11/h3-6H,1-2H3,(H,16,17). The molecule has 2 heterocycles. The van der Waals surface area contributed by atoms with Crippen molar-refractivity contribution in [1.82, 2.24) is 19.9 Å². The maximum absolute atomic E-state index is 5.82. The van der Waals surface area contributed by atoms with Gasteiger partial charge in [0.05, 0.1) is 11.0 Å². The largest absolute Gasteiger partial charge is 0.333 e. The molecular weight excluding hydrogens is 280 g/mol. The topological polar surface area (TPSA) is 54.5 Å². The van der Waals surface area contributed by atoms with Crippen LogP contribution in [0.5, 0.6) is 0 Å². The van der Waals surface area contributed by atoms with E-state index in [4.69, 9.17) is 11.6 Å². The highest BCUT2D eigenvalue weighted by Gasteiger charge is 2.09. The number of aryl methyl sites for hydroxylation is 2. The van der Waals surface area contributed by atoms with Crippen LogP contribution in [0.4, 0.5) is 0 Å². The second-order valence-electron chi connectivity index (χ2n) is 4.29. The maximum Gasteiger partial charge on any atom is 0.223 e. The Hall–Kier alpha value is -1.59. The molecule has 19 heavy (non-hydrogen) atoms. The van der Waals surface area contributed by atoms with E-state index in [1.807, 2.05) is 19.1 Å². The van der Waals surface area contributed by atoms with Crippen molar-refractivity contribution in [2.45, 2.75) is 24.0 Å². The summed E-state index contributed by atoms with van der Waals surface area (Å²) in [6, 6.07) is 6.13. The van der Waals surface area contributed by atoms with Crippen LogP contribution < -0.4 is 0 Å². The van der Waals surface area contributed by atoms with Crippen LogP contribution in [0.25, 0.3) is 11.0 Å².